The monoisotopic (exact) mass is 264 g/mol. The largest absolute Gasteiger partial charge is 0.311 e. The third kappa shape index (κ3) is 2.85. The molecule has 0 aromatic heterocycles. The van der Waals surface area contributed by atoms with Gasteiger partial charge in [0.2, 0.25) is 0 Å². The van der Waals surface area contributed by atoms with Crippen molar-refractivity contribution in [2.45, 2.75) is 30.6 Å². The minimum absolute atomic E-state index is 0.242. The van der Waals surface area contributed by atoms with Gasteiger partial charge in [0.05, 0.1) is 11.6 Å². The summed E-state index contributed by atoms with van der Waals surface area (Å²) >= 11 is 1.90. The zero-order valence-electron chi connectivity index (χ0n) is 10.5. The maximum Gasteiger partial charge on any atom is 0.127 e. The highest BCUT2D eigenvalue weighted by atomic mass is 32.2. The highest BCUT2D eigenvalue weighted by Gasteiger charge is 2.35. The molecule has 96 valence electrons. The Hall–Kier alpha value is -1.05. The molecule has 2 rings (SSSR count). The normalized spacial score (nSPS) is 16.9. The topological polar surface area (TPSA) is 35.8 Å². The van der Waals surface area contributed by atoms with E-state index in [2.05, 4.69) is 11.6 Å². The van der Waals surface area contributed by atoms with E-state index in [0.29, 0.717) is 22.4 Å². The van der Waals surface area contributed by atoms with Gasteiger partial charge in [0.15, 0.2) is 0 Å². The number of rotatable bonds is 5. The lowest BCUT2D eigenvalue weighted by atomic mass is 9.84. The zero-order chi connectivity index (χ0) is 13.0. The molecular formula is C14H17FN2S. The fraction of sp³-hybridized carbons (Fsp3) is 0.500. The van der Waals surface area contributed by atoms with Crippen LogP contribution in [0.2, 0.25) is 0 Å². The first-order valence-corrected chi connectivity index (χ1v) is 7.36. The summed E-state index contributed by atoms with van der Waals surface area (Å²) in [5.74, 6) is -0.242. The van der Waals surface area contributed by atoms with Crippen LogP contribution in [0.25, 0.3) is 0 Å². The van der Waals surface area contributed by atoms with Crippen molar-refractivity contribution in [1.29, 1.82) is 5.26 Å². The molecule has 1 N–H and O–H groups in total. The molecule has 0 unspecified atom stereocenters. The van der Waals surface area contributed by atoms with Crippen molar-refractivity contribution in [3.05, 3.63) is 35.1 Å². The van der Waals surface area contributed by atoms with Crippen LogP contribution in [0, 0.1) is 17.1 Å². The highest BCUT2D eigenvalue weighted by Crippen LogP contribution is 2.42. The SMILES string of the molecule is CSC1(CNCc2cc(C#N)ccc2F)CCC1. The lowest BCUT2D eigenvalue weighted by molar-refractivity contribution is 0.344. The molecule has 0 aliphatic heterocycles. The number of thioether (sulfide) groups is 1. The summed E-state index contributed by atoms with van der Waals surface area (Å²) in [5.41, 5.74) is 1.08. The van der Waals surface area contributed by atoms with Gasteiger partial charge in [0, 0.05) is 23.4 Å². The predicted octanol–water partition coefficient (Wildman–Crippen LogP) is 3.07. The number of hydrogen-bond donors (Lipinski definition) is 1. The molecule has 0 saturated heterocycles. The average Bonchev–Trinajstić information content (AvgIpc) is 2.35. The first kappa shape index (κ1) is 13.4. The quantitative estimate of drug-likeness (QED) is 0.887. The molecule has 1 saturated carbocycles. The van der Waals surface area contributed by atoms with Crippen LogP contribution in [-0.4, -0.2) is 17.5 Å². The lowest BCUT2D eigenvalue weighted by Crippen LogP contribution is -2.43. The van der Waals surface area contributed by atoms with Gasteiger partial charge in [0.25, 0.3) is 0 Å². The molecule has 0 heterocycles. The smallest absolute Gasteiger partial charge is 0.127 e. The van der Waals surface area contributed by atoms with Gasteiger partial charge in [-0.25, -0.2) is 4.39 Å². The van der Waals surface area contributed by atoms with Gasteiger partial charge in [-0.3, -0.25) is 0 Å². The van der Waals surface area contributed by atoms with Crippen molar-refractivity contribution < 1.29 is 4.39 Å². The van der Waals surface area contributed by atoms with Crippen molar-refractivity contribution in [1.82, 2.24) is 5.32 Å². The molecular weight excluding hydrogens is 247 g/mol. The molecule has 0 atom stereocenters. The number of halogens is 1. The molecule has 18 heavy (non-hydrogen) atoms. The van der Waals surface area contributed by atoms with Gasteiger partial charge >= 0.3 is 0 Å². The van der Waals surface area contributed by atoms with Gasteiger partial charge < -0.3 is 5.32 Å². The van der Waals surface area contributed by atoms with Gasteiger partial charge in [-0.05, 0) is 37.3 Å². The minimum Gasteiger partial charge on any atom is -0.311 e. The molecule has 4 heteroatoms. The maximum atomic E-state index is 13.5. The fourth-order valence-corrected chi connectivity index (χ4v) is 3.17. The average molecular weight is 264 g/mol. The summed E-state index contributed by atoms with van der Waals surface area (Å²) in [7, 11) is 0. The highest BCUT2D eigenvalue weighted by molar-refractivity contribution is 8.00. The van der Waals surface area contributed by atoms with Gasteiger partial charge in [-0.2, -0.15) is 17.0 Å². The predicted molar refractivity (Wildman–Crippen MR) is 72.9 cm³/mol. The molecule has 0 bridgehead atoms. The zero-order valence-corrected chi connectivity index (χ0v) is 11.3. The molecule has 1 aromatic carbocycles. The standard InChI is InChI=1S/C14H17FN2S/c1-18-14(5-2-6-14)10-17-9-12-7-11(8-16)3-4-13(12)15/h3-4,7,17H,2,5-6,9-10H2,1H3. The van der Waals surface area contributed by atoms with Crippen molar-refractivity contribution in [2.75, 3.05) is 12.8 Å². The van der Waals surface area contributed by atoms with Crippen LogP contribution in [0.4, 0.5) is 4.39 Å². The van der Waals surface area contributed by atoms with E-state index in [9.17, 15) is 4.39 Å². The Morgan fingerprint density at radius 3 is 2.83 bits per heavy atom. The van der Waals surface area contributed by atoms with Crippen LogP contribution in [0.5, 0.6) is 0 Å². The van der Waals surface area contributed by atoms with E-state index in [0.717, 1.165) is 6.54 Å². The molecule has 1 aromatic rings. The second kappa shape index (κ2) is 5.73. The van der Waals surface area contributed by atoms with Crippen LogP contribution in [-0.2, 0) is 6.54 Å². The van der Waals surface area contributed by atoms with Crippen molar-refractivity contribution in [2.24, 2.45) is 0 Å². The third-order valence-corrected chi connectivity index (χ3v) is 5.05. The van der Waals surface area contributed by atoms with E-state index >= 15 is 0 Å². The van der Waals surface area contributed by atoms with Gasteiger partial charge in [-0.15, -0.1) is 0 Å². The summed E-state index contributed by atoms with van der Waals surface area (Å²) in [5, 5.41) is 12.1. The molecule has 0 radical (unpaired) electrons. The van der Waals surface area contributed by atoms with E-state index < -0.39 is 0 Å². The Labute approximate surface area is 112 Å². The molecule has 2 nitrogen and oxygen atoms in total. The first-order valence-electron chi connectivity index (χ1n) is 6.13. The number of nitrogens with one attached hydrogen (secondary N) is 1. The fourth-order valence-electron chi connectivity index (χ4n) is 2.23. The van der Waals surface area contributed by atoms with Gasteiger partial charge in [0.1, 0.15) is 5.82 Å². The Morgan fingerprint density at radius 1 is 1.50 bits per heavy atom. The lowest BCUT2D eigenvalue weighted by Gasteiger charge is -2.40. The van der Waals surface area contributed by atoms with E-state index in [1.54, 1.807) is 6.07 Å². The van der Waals surface area contributed by atoms with Crippen LogP contribution in [0.1, 0.15) is 30.4 Å². The first-order chi connectivity index (χ1) is 8.69. The number of hydrogen-bond acceptors (Lipinski definition) is 3. The van der Waals surface area contributed by atoms with Crippen LogP contribution < -0.4 is 5.32 Å². The minimum atomic E-state index is -0.242. The number of nitrogens with zero attached hydrogens (tertiary/aromatic N) is 1. The van der Waals surface area contributed by atoms with Crippen LogP contribution >= 0.6 is 11.8 Å². The van der Waals surface area contributed by atoms with E-state index in [1.165, 1.54) is 31.4 Å². The molecule has 0 amide bonds. The summed E-state index contributed by atoms with van der Waals surface area (Å²) in [6.45, 7) is 1.40. The van der Waals surface area contributed by atoms with E-state index in [-0.39, 0.29) is 5.82 Å². The second-order valence-electron chi connectivity index (χ2n) is 4.76. The molecule has 1 aliphatic carbocycles. The second-order valence-corrected chi connectivity index (χ2v) is 6.04. The van der Waals surface area contributed by atoms with Crippen molar-refractivity contribution in [3.63, 3.8) is 0 Å². The Balaban J connectivity index is 1.92. The number of nitriles is 1. The van der Waals surface area contributed by atoms with E-state index in [4.69, 9.17) is 5.26 Å². The number of benzene rings is 1. The maximum absolute atomic E-state index is 13.5. The summed E-state index contributed by atoms with van der Waals surface area (Å²) in [6, 6.07) is 6.53. The molecule has 1 aliphatic rings. The molecule has 0 spiro atoms. The summed E-state index contributed by atoms with van der Waals surface area (Å²) < 4.78 is 13.9. The molecule has 1 fully saturated rings. The van der Waals surface area contributed by atoms with Crippen molar-refractivity contribution >= 4 is 11.8 Å². The summed E-state index contributed by atoms with van der Waals surface area (Å²) in [6.07, 6.45) is 5.91. The third-order valence-electron chi connectivity index (χ3n) is 3.64. The van der Waals surface area contributed by atoms with Gasteiger partial charge in [-0.1, -0.05) is 6.42 Å². The van der Waals surface area contributed by atoms with E-state index in [1.807, 2.05) is 17.8 Å². The Morgan fingerprint density at radius 2 is 2.28 bits per heavy atom. The van der Waals surface area contributed by atoms with Crippen LogP contribution in [0.15, 0.2) is 18.2 Å². The summed E-state index contributed by atoms with van der Waals surface area (Å²) in [4.78, 5) is 0. The van der Waals surface area contributed by atoms with Crippen LogP contribution in [0.3, 0.4) is 0 Å². The Kier molecular flexibility index (Phi) is 4.26. The Bertz CT molecular complexity index is 458. The van der Waals surface area contributed by atoms with Crippen molar-refractivity contribution in [3.8, 4) is 6.07 Å².